The molecule has 0 radical (unpaired) electrons. The van der Waals surface area contributed by atoms with Crippen LogP contribution in [-0.4, -0.2) is 52.1 Å². The van der Waals surface area contributed by atoms with Crippen LogP contribution in [0.15, 0.2) is 12.4 Å². The first kappa shape index (κ1) is 22.7. The van der Waals surface area contributed by atoms with Crippen molar-refractivity contribution in [3.63, 3.8) is 0 Å². The van der Waals surface area contributed by atoms with Crippen molar-refractivity contribution >= 4 is 43.3 Å². The first-order chi connectivity index (χ1) is 18.0. The Morgan fingerprint density at radius 3 is 2.73 bits per heavy atom. The van der Waals surface area contributed by atoms with Gasteiger partial charge in [0, 0.05) is 41.7 Å². The highest BCUT2D eigenvalue weighted by Gasteiger charge is 2.33. The standard InChI is InChI=1S/C26H23F2N7OS/c27-18-9-31-23(20-14(7-29)25(30)37-24(18)20)19-17-12-36-11-16(17)15-8-32-26(33-22(15)21(19)28)35-6-3-13(10-35)34-4-1-2-5-34/h8-9,13H,1-6,10-12,30H2/t13-/m1/s1. The number of benzene rings is 1. The van der Waals surface area contributed by atoms with E-state index in [1.165, 1.54) is 12.8 Å². The molecular formula is C26H23F2N7OS. The molecule has 2 N–H and O–H groups in total. The molecule has 0 spiro atoms. The van der Waals surface area contributed by atoms with Crippen LogP contribution < -0.4 is 10.6 Å². The van der Waals surface area contributed by atoms with Crippen molar-refractivity contribution in [3.05, 3.63) is 40.7 Å². The molecule has 8 nitrogen and oxygen atoms in total. The topological polar surface area (TPSA) is 104 Å². The molecule has 6 heterocycles. The summed E-state index contributed by atoms with van der Waals surface area (Å²) in [4.78, 5) is 18.2. The van der Waals surface area contributed by atoms with Crippen LogP contribution in [-0.2, 0) is 18.0 Å². The van der Waals surface area contributed by atoms with Crippen LogP contribution >= 0.6 is 11.3 Å². The Hall–Kier alpha value is -3.46. The molecule has 188 valence electrons. The monoisotopic (exact) mass is 519 g/mol. The molecule has 0 amide bonds. The van der Waals surface area contributed by atoms with E-state index in [-0.39, 0.29) is 50.6 Å². The zero-order valence-corrected chi connectivity index (χ0v) is 20.7. The minimum absolute atomic E-state index is 0.0996. The molecule has 1 atom stereocenters. The minimum atomic E-state index is -0.600. The fourth-order valence-electron chi connectivity index (χ4n) is 6.02. The molecule has 7 rings (SSSR count). The fourth-order valence-corrected chi connectivity index (χ4v) is 6.94. The summed E-state index contributed by atoms with van der Waals surface area (Å²) in [5, 5.41) is 10.7. The second-order valence-electron chi connectivity index (χ2n) is 9.81. The number of thiophene rings is 1. The van der Waals surface area contributed by atoms with Crippen LogP contribution in [0.3, 0.4) is 0 Å². The predicted octanol–water partition coefficient (Wildman–Crippen LogP) is 4.34. The van der Waals surface area contributed by atoms with Crippen molar-refractivity contribution in [3.8, 4) is 17.3 Å². The lowest BCUT2D eigenvalue weighted by atomic mass is 9.94. The van der Waals surface area contributed by atoms with Gasteiger partial charge in [0.05, 0.1) is 35.4 Å². The van der Waals surface area contributed by atoms with Crippen LogP contribution in [0.1, 0.15) is 36.0 Å². The first-order valence-corrected chi connectivity index (χ1v) is 13.2. The predicted molar refractivity (Wildman–Crippen MR) is 137 cm³/mol. The summed E-state index contributed by atoms with van der Waals surface area (Å²) in [5.74, 6) is -0.683. The van der Waals surface area contributed by atoms with Gasteiger partial charge in [-0.05, 0) is 43.5 Å². The maximum Gasteiger partial charge on any atom is 0.226 e. The molecule has 0 saturated carbocycles. The van der Waals surface area contributed by atoms with Gasteiger partial charge >= 0.3 is 0 Å². The number of nitrogens with two attached hydrogens (primary N) is 1. The highest BCUT2D eigenvalue weighted by Crippen LogP contribution is 2.45. The van der Waals surface area contributed by atoms with Gasteiger partial charge in [-0.25, -0.2) is 18.7 Å². The molecule has 11 heteroatoms. The third-order valence-electron chi connectivity index (χ3n) is 7.84. The van der Waals surface area contributed by atoms with E-state index in [4.69, 9.17) is 15.5 Å². The molecule has 1 aromatic carbocycles. The number of nitriles is 1. The molecule has 3 aliphatic rings. The van der Waals surface area contributed by atoms with Gasteiger partial charge in [0.2, 0.25) is 5.95 Å². The van der Waals surface area contributed by atoms with Crippen molar-refractivity contribution in [2.45, 2.75) is 38.5 Å². The van der Waals surface area contributed by atoms with E-state index in [2.05, 4.69) is 19.8 Å². The molecule has 0 unspecified atom stereocenters. The first-order valence-electron chi connectivity index (χ1n) is 12.4. The van der Waals surface area contributed by atoms with E-state index in [9.17, 15) is 9.65 Å². The molecule has 4 aromatic rings. The molecule has 0 aliphatic carbocycles. The number of nitrogens with zero attached hydrogens (tertiary/aromatic N) is 6. The molecule has 3 aliphatic heterocycles. The van der Waals surface area contributed by atoms with Gasteiger partial charge in [-0.15, -0.1) is 11.3 Å². The van der Waals surface area contributed by atoms with Gasteiger partial charge in [0.15, 0.2) is 11.6 Å². The fraction of sp³-hybridized carbons (Fsp3) is 0.385. The normalized spacial score (nSPS) is 19.8. The Balaban J connectivity index is 1.40. The van der Waals surface area contributed by atoms with Gasteiger partial charge in [0.1, 0.15) is 16.6 Å². The highest BCUT2D eigenvalue weighted by molar-refractivity contribution is 7.23. The Bertz CT molecular complexity index is 1630. The number of anilines is 2. The van der Waals surface area contributed by atoms with E-state index in [0.29, 0.717) is 22.9 Å². The summed E-state index contributed by atoms with van der Waals surface area (Å²) >= 11 is 0.962. The summed E-state index contributed by atoms with van der Waals surface area (Å²) in [6.45, 7) is 4.33. The molecule has 2 fully saturated rings. The van der Waals surface area contributed by atoms with Gasteiger partial charge in [0.25, 0.3) is 0 Å². The van der Waals surface area contributed by atoms with Crippen molar-refractivity contribution in [2.24, 2.45) is 0 Å². The zero-order chi connectivity index (χ0) is 25.3. The SMILES string of the molecule is N#Cc1c(N)sc2c(F)cnc(-c3c4c(c5cnc(N6CC[C@@H](N7CCCC7)C6)nc5c3F)COC4)c12. The number of halogens is 2. The second kappa shape index (κ2) is 8.55. The van der Waals surface area contributed by atoms with E-state index in [1.54, 1.807) is 6.20 Å². The average molecular weight is 520 g/mol. The molecule has 0 bridgehead atoms. The van der Waals surface area contributed by atoms with E-state index in [1.807, 2.05) is 6.07 Å². The lowest BCUT2D eigenvalue weighted by molar-refractivity contribution is 0.135. The Labute approximate surface area is 215 Å². The number of rotatable bonds is 3. The quantitative estimate of drug-likeness (QED) is 0.426. The number of pyridine rings is 1. The van der Waals surface area contributed by atoms with E-state index < -0.39 is 11.6 Å². The van der Waals surface area contributed by atoms with E-state index >= 15 is 4.39 Å². The number of ether oxygens (including phenoxy) is 1. The number of nitrogen functional groups attached to an aromatic ring is 1. The molecule has 2 saturated heterocycles. The largest absolute Gasteiger partial charge is 0.389 e. The lowest BCUT2D eigenvalue weighted by Crippen LogP contribution is -2.35. The summed E-state index contributed by atoms with van der Waals surface area (Å²) in [6, 6.07) is 2.50. The number of hydrogen-bond acceptors (Lipinski definition) is 9. The average Bonchev–Trinajstić information content (AvgIpc) is 3.71. The van der Waals surface area contributed by atoms with Crippen LogP contribution in [0.4, 0.5) is 19.7 Å². The van der Waals surface area contributed by atoms with Crippen molar-refractivity contribution in [1.29, 1.82) is 5.26 Å². The minimum Gasteiger partial charge on any atom is -0.389 e. The number of likely N-dealkylation sites (tertiary alicyclic amines) is 1. The maximum atomic E-state index is 16.5. The van der Waals surface area contributed by atoms with Gasteiger partial charge in [-0.1, -0.05) is 0 Å². The van der Waals surface area contributed by atoms with Gasteiger partial charge < -0.3 is 15.4 Å². The Morgan fingerprint density at radius 1 is 1.11 bits per heavy atom. The van der Waals surface area contributed by atoms with Crippen LogP contribution in [0.2, 0.25) is 0 Å². The lowest BCUT2D eigenvalue weighted by Gasteiger charge is -2.23. The third kappa shape index (κ3) is 3.40. The molecule has 37 heavy (non-hydrogen) atoms. The van der Waals surface area contributed by atoms with Gasteiger partial charge in [-0.2, -0.15) is 5.26 Å². The summed E-state index contributed by atoms with van der Waals surface area (Å²) < 4.78 is 37.0. The summed E-state index contributed by atoms with van der Waals surface area (Å²) in [6.07, 6.45) is 6.23. The van der Waals surface area contributed by atoms with Crippen LogP contribution in [0.5, 0.6) is 0 Å². The van der Waals surface area contributed by atoms with Crippen molar-refractivity contribution < 1.29 is 13.5 Å². The maximum absolute atomic E-state index is 16.5. The smallest absolute Gasteiger partial charge is 0.226 e. The molecular weight excluding hydrogens is 496 g/mol. The van der Waals surface area contributed by atoms with E-state index in [0.717, 1.165) is 55.7 Å². The van der Waals surface area contributed by atoms with Crippen LogP contribution in [0.25, 0.3) is 32.2 Å². The number of hydrogen-bond donors (Lipinski definition) is 1. The summed E-state index contributed by atoms with van der Waals surface area (Å²) in [5.41, 5.74) is 8.06. The van der Waals surface area contributed by atoms with Crippen LogP contribution in [0, 0.1) is 23.0 Å². The summed E-state index contributed by atoms with van der Waals surface area (Å²) in [7, 11) is 0. The van der Waals surface area contributed by atoms with Crippen molar-refractivity contribution in [2.75, 3.05) is 36.8 Å². The zero-order valence-electron chi connectivity index (χ0n) is 19.9. The number of aromatic nitrogens is 3. The number of fused-ring (bicyclic) bond motifs is 4. The third-order valence-corrected chi connectivity index (χ3v) is 8.86. The second-order valence-corrected chi connectivity index (χ2v) is 10.9. The molecule has 3 aromatic heterocycles. The van der Waals surface area contributed by atoms with Gasteiger partial charge in [-0.3, -0.25) is 9.88 Å². The Kier molecular flexibility index (Phi) is 5.25. The van der Waals surface area contributed by atoms with Crippen molar-refractivity contribution in [1.82, 2.24) is 19.9 Å². The highest BCUT2D eigenvalue weighted by atomic mass is 32.1. The Morgan fingerprint density at radius 2 is 1.92 bits per heavy atom.